The summed E-state index contributed by atoms with van der Waals surface area (Å²) in [6.07, 6.45) is 6.48. The molecule has 0 aromatic heterocycles. The summed E-state index contributed by atoms with van der Waals surface area (Å²) < 4.78 is 0. The van der Waals surface area contributed by atoms with Gasteiger partial charge in [-0.3, -0.25) is 10.6 Å². The van der Waals surface area contributed by atoms with Crippen LogP contribution in [-0.4, -0.2) is 24.4 Å². The van der Waals surface area contributed by atoms with E-state index in [1.54, 1.807) is 0 Å². The highest BCUT2D eigenvalue weighted by atomic mass is 16.2. The Bertz CT molecular complexity index is 467. The van der Waals surface area contributed by atoms with Crippen molar-refractivity contribution < 1.29 is 4.79 Å². The van der Waals surface area contributed by atoms with Crippen LogP contribution in [0.5, 0.6) is 0 Å². The number of carbonyl (C=O) groups is 1. The van der Waals surface area contributed by atoms with Crippen LogP contribution < -0.4 is 11.3 Å². The largest absolute Gasteiger partial charge is 0.341 e. The molecule has 1 amide bonds. The van der Waals surface area contributed by atoms with E-state index < -0.39 is 0 Å². The number of nitrogens with zero attached hydrogens (tertiary/aromatic N) is 1. The lowest BCUT2D eigenvalue weighted by Crippen LogP contribution is -2.32. The van der Waals surface area contributed by atoms with Crippen molar-refractivity contribution in [1.29, 1.82) is 0 Å². The number of hydrazine groups is 1. The van der Waals surface area contributed by atoms with Crippen molar-refractivity contribution in [3.05, 3.63) is 29.3 Å². The van der Waals surface area contributed by atoms with Crippen molar-refractivity contribution in [2.75, 3.05) is 19.0 Å². The van der Waals surface area contributed by atoms with E-state index in [-0.39, 0.29) is 5.91 Å². The zero-order chi connectivity index (χ0) is 14.5. The molecule has 4 heteroatoms. The summed E-state index contributed by atoms with van der Waals surface area (Å²) in [5.41, 5.74) is 5.22. The number of anilines is 1. The molecule has 3 N–H and O–H groups in total. The Balaban J connectivity index is 2.00. The average Bonchev–Trinajstić information content (AvgIpc) is 2.47. The maximum Gasteiger partial charge on any atom is 0.253 e. The lowest BCUT2D eigenvalue weighted by Gasteiger charge is -2.27. The van der Waals surface area contributed by atoms with Crippen molar-refractivity contribution in [1.82, 2.24) is 4.90 Å². The molecule has 1 aromatic rings. The quantitative estimate of drug-likeness (QED) is 0.656. The van der Waals surface area contributed by atoms with Crippen molar-refractivity contribution in [3.8, 4) is 0 Å². The molecule has 1 aliphatic rings. The zero-order valence-corrected chi connectivity index (χ0v) is 12.5. The average molecular weight is 275 g/mol. The minimum absolute atomic E-state index is 0.0993. The zero-order valence-electron chi connectivity index (χ0n) is 12.5. The standard InChI is InChI=1S/C16H25N3O/c1-12-10-14(8-9-15(12)18-17)16(20)19(2)11-13-6-4-3-5-7-13/h8-10,13,18H,3-7,11,17H2,1-2H3. The summed E-state index contributed by atoms with van der Waals surface area (Å²) in [6, 6.07) is 5.59. The van der Waals surface area contributed by atoms with Crippen LogP contribution in [0, 0.1) is 12.8 Å². The first kappa shape index (κ1) is 14.9. The van der Waals surface area contributed by atoms with E-state index in [0.717, 1.165) is 23.4 Å². The Morgan fingerprint density at radius 2 is 2.05 bits per heavy atom. The van der Waals surface area contributed by atoms with Crippen LogP contribution >= 0.6 is 0 Å². The molecule has 1 fully saturated rings. The fourth-order valence-electron chi connectivity index (χ4n) is 3.02. The Kier molecular flexibility index (Phi) is 5.01. The molecule has 2 rings (SSSR count). The van der Waals surface area contributed by atoms with Gasteiger partial charge in [0.25, 0.3) is 5.91 Å². The van der Waals surface area contributed by atoms with Gasteiger partial charge in [-0.2, -0.15) is 0 Å². The smallest absolute Gasteiger partial charge is 0.253 e. The molecular formula is C16H25N3O. The van der Waals surface area contributed by atoms with Gasteiger partial charge in [0.15, 0.2) is 0 Å². The highest BCUT2D eigenvalue weighted by Gasteiger charge is 2.19. The molecule has 1 aromatic carbocycles. The molecule has 0 spiro atoms. The van der Waals surface area contributed by atoms with Crippen LogP contribution in [0.3, 0.4) is 0 Å². The van der Waals surface area contributed by atoms with Crippen LogP contribution in [0.15, 0.2) is 18.2 Å². The van der Waals surface area contributed by atoms with E-state index in [9.17, 15) is 4.79 Å². The van der Waals surface area contributed by atoms with Gasteiger partial charge in [-0.15, -0.1) is 0 Å². The number of benzene rings is 1. The number of amides is 1. The first-order valence-electron chi connectivity index (χ1n) is 7.44. The van der Waals surface area contributed by atoms with Gasteiger partial charge in [0, 0.05) is 19.2 Å². The SMILES string of the molecule is Cc1cc(C(=O)N(C)CC2CCCCC2)ccc1NN. The predicted molar refractivity (Wildman–Crippen MR) is 82.5 cm³/mol. The molecule has 0 aliphatic heterocycles. The van der Waals surface area contributed by atoms with Crippen LogP contribution in [0.4, 0.5) is 5.69 Å². The molecule has 0 bridgehead atoms. The molecule has 1 saturated carbocycles. The summed E-state index contributed by atoms with van der Waals surface area (Å²) in [7, 11) is 1.90. The normalized spacial score (nSPS) is 15.9. The number of aryl methyl sites for hydroxylation is 1. The topological polar surface area (TPSA) is 58.4 Å². The third-order valence-electron chi connectivity index (χ3n) is 4.23. The molecule has 4 nitrogen and oxygen atoms in total. The molecule has 110 valence electrons. The third kappa shape index (κ3) is 3.51. The van der Waals surface area contributed by atoms with Gasteiger partial charge < -0.3 is 10.3 Å². The van der Waals surface area contributed by atoms with Gasteiger partial charge in [-0.25, -0.2) is 0 Å². The predicted octanol–water partition coefficient (Wildman–Crippen LogP) is 2.93. The van der Waals surface area contributed by atoms with Gasteiger partial charge in [-0.1, -0.05) is 19.3 Å². The number of nitrogens with two attached hydrogens (primary N) is 1. The second-order valence-electron chi connectivity index (χ2n) is 5.86. The molecule has 0 heterocycles. The van der Waals surface area contributed by atoms with Gasteiger partial charge in [0.1, 0.15) is 0 Å². The van der Waals surface area contributed by atoms with E-state index in [1.165, 1.54) is 32.1 Å². The summed E-state index contributed by atoms with van der Waals surface area (Å²) in [4.78, 5) is 14.3. The molecule has 20 heavy (non-hydrogen) atoms. The number of nitrogen functional groups attached to an aromatic ring is 1. The fourth-order valence-corrected chi connectivity index (χ4v) is 3.02. The molecular weight excluding hydrogens is 250 g/mol. The maximum absolute atomic E-state index is 12.4. The molecule has 0 radical (unpaired) electrons. The maximum atomic E-state index is 12.4. The summed E-state index contributed by atoms with van der Waals surface area (Å²) in [6.45, 7) is 2.82. The minimum atomic E-state index is 0.0993. The van der Waals surface area contributed by atoms with Crippen molar-refractivity contribution in [2.45, 2.75) is 39.0 Å². The molecule has 1 aliphatic carbocycles. The number of hydrogen-bond acceptors (Lipinski definition) is 3. The fraction of sp³-hybridized carbons (Fsp3) is 0.562. The first-order chi connectivity index (χ1) is 9.61. The van der Waals surface area contributed by atoms with E-state index in [4.69, 9.17) is 5.84 Å². The Morgan fingerprint density at radius 3 is 2.65 bits per heavy atom. The number of nitrogens with one attached hydrogen (secondary N) is 1. The van der Waals surface area contributed by atoms with E-state index in [2.05, 4.69) is 5.43 Å². The van der Waals surface area contributed by atoms with Gasteiger partial charge in [0.05, 0.1) is 5.69 Å². The lowest BCUT2D eigenvalue weighted by atomic mass is 9.89. The molecule has 0 saturated heterocycles. The summed E-state index contributed by atoms with van der Waals surface area (Å²) in [5.74, 6) is 6.18. The van der Waals surface area contributed by atoms with Crippen LogP contribution in [-0.2, 0) is 0 Å². The van der Waals surface area contributed by atoms with Crippen LogP contribution in [0.2, 0.25) is 0 Å². The summed E-state index contributed by atoms with van der Waals surface area (Å²) >= 11 is 0. The highest BCUT2D eigenvalue weighted by Crippen LogP contribution is 2.24. The number of carbonyl (C=O) groups excluding carboxylic acids is 1. The molecule has 0 unspecified atom stereocenters. The van der Waals surface area contributed by atoms with E-state index in [0.29, 0.717) is 5.92 Å². The van der Waals surface area contributed by atoms with Gasteiger partial charge >= 0.3 is 0 Å². The third-order valence-corrected chi connectivity index (χ3v) is 4.23. The highest BCUT2D eigenvalue weighted by molar-refractivity contribution is 5.94. The van der Waals surface area contributed by atoms with E-state index in [1.807, 2.05) is 37.1 Å². The Morgan fingerprint density at radius 1 is 1.35 bits per heavy atom. The lowest BCUT2D eigenvalue weighted by molar-refractivity contribution is 0.0760. The number of hydrogen-bond donors (Lipinski definition) is 2. The van der Waals surface area contributed by atoms with Crippen LogP contribution in [0.25, 0.3) is 0 Å². The first-order valence-corrected chi connectivity index (χ1v) is 7.44. The van der Waals surface area contributed by atoms with Crippen molar-refractivity contribution >= 4 is 11.6 Å². The molecule has 0 atom stereocenters. The second-order valence-corrected chi connectivity index (χ2v) is 5.86. The monoisotopic (exact) mass is 275 g/mol. The second kappa shape index (κ2) is 6.75. The minimum Gasteiger partial charge on any atom is -0.341 e. The van der Waals surface area contributed by atoms with Gasteiger partial charge in [-0.05, 0) is 49.4 Å². The Hall–Kier alpha value is -1.55. The van der Waals surface area contributed by atoms with Crippen molar-refractivity contribution in [2.24, 2.45) is 11.8 Å². The van der Waals surface area contributed by atoms with Crippen molar-refractivity contribution in [3.63, 3.8) is 0 Å². The van der Waals surface area contributed by atoms with Gasteiger partial charge in [0.2, 0.25) is 0 Å². The summed E-state index contributed by atoms with van der Waals surface area (Å²) in [5, 5.41) is 0. The van der Waals surface area contributed by atoms with Crippen LogP contribution in [0.1, 0.15) is 48.0 Å². The Labute approximate surface area is 121 Å². The van der Waals surface area contributed by atoms with E-state index >= 15 is 0 Å². The number of rotatable bonds is 4.